The van der Waals surface area contributed by atoms with E-state index in [4.69, 9.17) is 0 Å². The molecule has 0 saturated heterocycles. The van der Waals surface area contributed by atoms with Gasteiger partial charge in [0.25, 0.3) is 0 Å². The van der Waals surface area contributed by atoms with Crippen molar-refractivity contribution in [3.05, 3.63) is 89.8 Å². The molecule has 5 heteroatoms. The van der Waals surface area contributed by atoms with Crippen LogP contribution in [0.2, 0.25) is 0 Å². The third-order valence-electron chi connectivity index (χ3n) is 4.17. The highest BCUT2D eigenvalue weighted by Gasteiger charge is 2.05. The zero-order chi connectivity index (χ0) is 18.2. The zero-order valence-electron chi connectivity index (χ0n) is 15.4. The van der Waals surface area contributed by atoms with Gasteiger partial charge >= 0.3 is 0 Å². The molecule has 3 aromatic rings. The Kier molecular flexibility index (Phi) is 6.41. The molecule has 0 fully saturated rings. The maximum atomic E-state index is 4.63. The van der Waals surface area contributed by atoms with Crippen LogP contribution in [0.4, 0.5) is 0 Å². The summed E-state index contributed by atoms with van der Waals surface area (Å²) in [6.07, 6.45) is 9.32. The lowest BCUT2D eigenvalue weighted by molar-refractivity contribution is 0.312. The lowest BCUT2D eigenvalue weighted by atomic mass is 10.2. The second-order valence-electron chi connectivity index (χ2n) is 6.71. The van der Waals surface area contributed by atoms with Crippen LogP contribution >= 0.6 is 0 Å². The fraction of sp³-hybridized carbons (Fsp3) is 0.286. The normalized spacial score (nSPS) is 11.2. The quantitative estimate of drug-likeness (QED) is 0.626. The Morgan fingerprint density at radius 2 is 1.12 bits per heavy atom. The Hall–Kier alpha value is -2.63. The van der Waals surface area contributed by atoms with Crippen LogP contribution < -0.4 is 0 Å². The lowest BCUT2D eigenvalue weighted by Gasteiger charge is -2.18. The monoisotopic (exact) mass is 347 g/mol. The molecule has 5 nitrogen and oxygen atoms in total. The van der Waals surface area contributed by atoms with Gasteiger partial charge in [0, 0.05) is 57.2 Å². The van der Waals surface area contributed by atoms with Gasteiger partial charge < -0.3 is 0 Å². The van der Waals surface area contributed by atoms with E-state index in [-0.39, 0.29) is 0 Å². The average molecular weight is 347 g/mol. The van der Waals surface area contributed by atoms with E-state index in [0.717, 1.165) is 31.9 Å². The Balaban J connectivity index is 1.50. The number of aromatic nitrogens is 3. The molecule has 0 bridgehead atoms. The van der Waals surface area contributed by atoms with Crippen molar-refractivity contribution >= 4 is 0 Å². The Morgan fingerprint density at radius 1 is 0.615 bits per heavy atom. The third-order valence-corrected chi connectivity index (χ3v) is 4.17. The number of pyridine rings is 3. The first kappa shape index (κ1) is 18.2. The second kappa shape index (κ2) is 9.17. The predicted molar refractivity (Wildman–Crippen MR) is 103 cm³/mol. The van der Waals surface area contributed by atoms with E-state index in [0.29, 0.717) is 0 Å². The summed E-state index contributed by atoms with van der Waals surface area (Å²) in [5.74, 6) is 0. The Morgan fingerprint density at radius 3 is 1.62 bits per heavy atom. The van der Waals surface area contributed by atoms with Gasteiger partial charge in [0.15, 0.2) is 0 Å². The molecule has 134 valence electrons. The minimum Gasteiger partial charge on any atom is -0.298 e. The van der Waals surface area contributed by atoms with E-state index < -0.39 is 0 Å². The average Bonchev–Trinajstić information content (AvgIpc) is 2.65. The number of hydrogen-bond donors (Lipinski definition) is 0. The standard InChI is InChI=1S/C21H25N5/c1-25(14-18-5-9-22-10-6-18)16-20-3-4-21(24-13-20)17-26(2)15-19-7-11-23-12-8-19/h3-13H,14-17H2,1-2H3. The largest absolute Gasteiger partial charge is 0.298 e. The molecule has 0 aliphatic heterocycles. The molecule has 0 amide bonds. The molecule has 3 rings (SSSR count). The first-order valence-electron chi connectivity index (χ1n) is 8.78. The van der Waals surface area contributed by atoms with Crippen molar-refractivity contribution < 1.29 is 0 Å². The molecule has 26 heavy (non-hydrogen) atoms. The fourth-order valence-electron chi connectivity index (χ4n) is 2.94. The summed E-state index contributed by atoms with van der Waals surface area (Å²) in [5.41, 5.74) is 4.84. The molecular weight excluding hydrogens is 322 g/mol. The van der Waals surface area contributed by atoms with Crippen molar-refractivity contribution in [2.75, 3.05) is 14.1 Å². The summed E-state index contributed by atoms with van der Waals surface area (Å²) < 4.78 is 0. The summed E-state index contributed by atoms with van der Waals surface area (Å²) >= 11 is 0. The second-order valence-corrected chi connectivity index (χ2v) is 6.71. The van der Waals surface area contributed by atoms with Gasteiger partial charge in [0.2, 0.25) is 0 Å². The van der Waals surface area contributed by atoms with Crippen LogP contribution in [0, 0.1) is 0 Å². The minimum atomic E-state index is 0.829. The molecule has 0 spiro atoms. The van der Waals surface area contributed by atoms with Gasteiger partial charge in [-0.25, -0.2) is 0 Å². The Labute approximate surface area is 155 Å². The molecule has 0 aromatic carbocycles. The van der Waals surface area contributed by atoms with Gasteiger partial charge in [-0.1, -0.05) is 6.07 Å². The highest BCUT2D eigenvalue weighted by atomic mass is 15.1. The van der Waals surface area contributed by atoms with Crippen LogP contribution in [0.3, 0.4) is 0 Å². The summed E-state index contributed by atoms with van der Waals surface area (Å²) in [5, 5.41) is 0. The van der Waals surface area contributed by atoms with Crippen LogP contribution in [0.5, 0.6) is 0 Å². The van der Waals surface area contributed by atoms with Crippen molar-refractivity contribution in [2.45, 2.75) is 26.2 Å². The first-order chi connectivity index (χ1) is 12.7. The molecule has 0 aliphatic carbocycles. The van der Waals surface area contributed by atoms with Gasteiger partial charge in [-0.05, 0) is 61.1 Å². The van der Waals surface area contributed by atoms with Crippen LogP contribution in [0.25, 0.3) is 0 Å². The smallest absolute Gasteiger partial charge is 0.0544 e. The van der Waals surface area contributed by atoms with E-state index in [1.807, 2.05) is 43.1 Å². The van der Waals surface area contributed by atoms with Gasteiger partial charge in [-0.3, -0.25) is 24.8 Å². The maximum absolute atomic E-state index is 4.63. The molecule has 0 aliphatic rings. The SMILES string of the molecule is CN(Cc1ccncc1)Cc1ccc(CN(C)Cc2ccncc2)nc1. The van der Waals surface area contributed by atoms with Crippen molar-refractivity contribution in [3.63, 3.8) is 0 Å². The number of rotatable bonds is 8. The molecule has 0 saturated carbocycles. The molecule has 0 N–H and O–H groups in total. The first-order valence-corrected chi connectivity index (χ1v) is 8.78. The zero-order valence-corrected chi connectivity index (χ0v) is 15.4. The van der Waals surface area contributed by atoms with Gasteiger partial charge in [-0.2, -0.15) is 0 Å². The van der Waals surface area contributed by atoms with E-state index in [2.05, 4.69) is 63.1 Å². The highest BCUT2D eigenvalue weighted by Crippen LogP contribution is 2.10. The van der Waals surface area contributed by atoms with Crippen LogP contribution in [-0.2, 0) is 26.2 Å². The van der Waals surface area contributed by atoms with E-state index in [1.165, 1.54) is 16.7 Å². The molecule has 0 radical (unpaired) electrons. The minimum absolute atomic E-state index is 0.829. The molecule has 0 unspecified atom stereocenters. The Bertz CT molecular complexity index is 706. The van der Waals surface area contributed by atoms with Crippen molar-refractivity contribution in [1.29, 1.82) is 0 Å². The summed E-state index contributed by atoms with van der Waals surface area (Å²) in [4.78, 5) is 17.3. The van der Waals surface area contributed by atoms with Crippen molar-refractivity contribution in [2.24, 2.45) is 0 Å². The van der Waals surface area contributed by atoms with Crippen LogP contribution in [0.1, 0.15) is 22.4 Å². The summed E-state index contributed by atoms with van der Waals surface area (Å²) in [6.45, 7) is 3.50. The van der Waals surface area contributed by atoms with E-state index in [1.54, 1.807) is 0 Å². The van der Waals surface area contributed by atoms with Crippen molar-refractivity contribution in [3.8, 4) is 0 Å². The summed E-state index contributed by atoms with van der Waals surface area (Å²) in [6, 6.07) is 12.5. The predicted octanol–water partition coefficient (Wildman–Crippen LogP) is 3.14. The van der Waals surface area contributed by atoms with Gasteiger partial charge in [0.05, 0.1) is 5.69 Å². The molecular formula is C21H25N5. The molecule has 3 aromatic heterocycles. The van der Waals surface area contributed by atoms with Gasteiger partial charge in [0.1, 0.15) is 0 Å². The lowest BCUT2D eigenvalue weighted by Crippen LogP contribution is -2.19. The highest BCUT2D eigenvalue weighted by molar-refractivity contribution is 5.15. The number of hydrogen-bond acceptors (Lipinski definition) is 5. The fourth-order valence-corrected chi connectivity index (χ4v) is 2.94. The summed E-state index contributed by atoms with van der Waals surface area (Å²) in [7, 11) is 4.23. The molecule has 0 atom stereocenters. The maximum Gasteiger partial charge on any atom is 0.0544 e. The van der Waals surface area contributed by atoms with Crippen LogP contribution in [0.15, 0.2) is 67.4 Å². The van der Waals surface area contributed by atoms with E-state index >= 15 is 0 Å². The van der Waals surface area contributed by atoms with Crippen molar-refractivity contribution in [1.82, 2.24) is 24.8 Å². The number of nitrogens with zero attached hydrogens (tertiary/aromatic N) is 5. The third kappa shape index (κ3) is 5.72. The van der Waals surface area contributed by atoms with E-state index in [9.17, 15) is 0 Å². The topological polar surface area (TPSA) is 45.2 Å². The van der Waals surface area contributed by atoms with Crippen LogP contribution in [-0.4, -0.2) is 38.8 Å². The van der Waals surface area contributed by atoms with Gasteiger partial charge in [-0.15, -0.1) is 0 Å². The molecule has 3 heterocycles.